The van der Waals surface area contributed by atoms with Gasteiger partial charge in [-0.15, -0.1) is 0 Å². The minimum absolute atomic E-state index is 0.241. The molecular weight excluding hydrogens is 216 g/mol. The van der Waals surface area contributed by atoms with Gasteiger partial charge in [-0.25, -0.2) is 4.98 Å². The van der Waals surface area contributed by atoms with Gasteiger partial charge >= 0.3 is 0 Å². The van der Waals surface area contributed by atoms with Crippen molar-refractivity contribution < 1.29 is 4.79 Å². The maximum Gasteiger partial charge on any atom is 0.225 e. The molecule has 17 heavy (non-hydrogen) atoms. The van der Waals surface area contributed by atoms with E-state index in [0.29, 0.717) is 13.1 Å². The first-order chi connectivity index (χ1) is 8.05. The number of hydrogen-bond acceptors (Lipinski definition) is 4. The van der Waals surface area contributed by atoms with Crippen LogP contribution in [0.2, 0.25) is 0 Å². The number of primary amides is 1. The standard InChI is InChI=1S/C12H18N4O/c1-12(11(14)17)5-6-16(8-12)10-4-2-3-9(7-13)15-10/h2-4H,5-8,13H2,1H3,(H2,14,17). The van der Waals surface area contributed by atoms with E-state index in [2.05, 4.69) is 9.88 Å². The molecule has 0 aromatic carbocycles. The van der Waals surface area contributed by atoms with Crippen LogP contribution < -0.4 is 16.4 Å². The summed E-state index contributed by atoms with van der Waals surface area (Å²) in [4.78, 5) is 17.9. The third kappa shape index (κ3) is 2.24. The summed E-state index contributed by atoms with van der Waals surface area (Å²) in [7, 11) is 0. The van der Waals surface area contributed by atoms with Crippen molar-refractivity contribution in [2.45, 2.75) is 19.9 Å². The first kappa shape index (κ1) is 11.9. The molecule has 1 aromatic rings. The highest BCUT2D eigenvalue weighted by molar-refractivity contribution is 5.82. The zero-order valence-electron chi connectivity index (χ0n) is 10.0. The monoisotopic (exact) mass is 234 g/mol. The lowest BCUT2D eigenvalue weighted by Crippen LogP contribution is -2.37. The largest absolute Gasteiger partial charge is 0.369 e. The zero-order chi connectivity index (χ0) is 12.5. The molecule has 1 aromatic heterocycles. The fourth-order valence-corrected chi connectivity index (χ4v) is 2.11. The Bertz CT molecular complexity index is 434. The van der Waals surface area contributed by atoms with Crippen molar-refractivity contribution in [3.05, 3.63) is 23.9 Å². The Kier molecular flexibility index (Phi) is 3.02. The number of amides is 1. The Morgan fingerprint density at radius 1 is 1.59 bits per heavy atom. The highest BCUT2D eigenvalue weighted by atomic mass is 16.1. The number of nitrogens with zero attached hydrogens (tertiary/aromatic N) is 2. The number of pyridine rings is 1. The topological polar surface area (TPSA) is 85.2 Å². The maximum absolute atomic E-state index is 11.4. The van der Waals surface area contributed by atoms with Crippen molar-refractivity contribution in [2.75, 3.05) is 18.0 Å². The summed E-state index contributed by atoms with van der Waals surface area (Å²) in [6.07, 6.45) is 0.775. The number of nitrogens with two attached hydrogens (primary N) is 2. The van der Waals surface area contributed by atoms with Crippen LogP contribution in [0.5, 0.6) is 0 Å². The molecule has 2 rings (SSSR count). The zero-order valence-corrected chi connectivity index (χ0v) is 10.0. The van der Waals surface area contributed by atoms with E-state index in [-0.39, 0.29) is 5.91 Å². The van der Waals surface area contributed by atoms with E-state index in [1.807, 2.05) is 25.1 Å². The van der Waals surface area contributed by atoms with E-state index < -0.39 is 5.41 Å². The highest BCUT2D eigenvalue weighted by Crippen LogP contribution is 2.31. The van der Waals surface area contributed by atoms with Gasteiger partial charge in [0, 0.05) is 19.6 Å². The smallest absolute Gasteiger partial charge is 0.225 e. The summed E-state index contributed by atoms with van der Waals surface area (Å²) < 4.78 is 0. The second kappa shape index (κ2) is 4.33. The number of rotatable bonds is 3. The molecule has 1 aliphatic rings. The third-order valence-electron chi connectivity index (χ3n) is 3.39. The summed E-state index contributed by atoms with van der Waals surface area (Å²) in [5, 5.41) is 0. The van der Waals surface area contributed by atoms with Gasteiger partial charge in [0.2, 0.25) is 5.91 Å². The van der Waals surface area contributed by atoms with Crippen molar-refractivity contribution in [2.24, 2.45) is 16.9 Å². The molecule has 0 saturated carbocycles. The van der Waals surface area contributed by atoms with Crippen LogP contribution in [0.15, 0.2) is 18.2 Å². The van der Waals surface area contributed by atoms with Gasteiger partial charge in [-0.3, -0.25) is 4.79 Å². The fourth-order valence-electron chi connectivity index (χ4n) is 2.11. The van der Waals surface area contributed by atoms with E-state index in [0.717, 1.165) is 24.5 Å². The quantitative estimate of drug-likeness (QED) is 0.784. The van der Waals surface area contributed by atoms with Crippen LogP contribution >= 0.6 is 0 Å². The van der Waals surface area contributed by atoms with Gasteiger partial charge in [-0.1, -0.05) is 6.07 Å². The lowest BCUT2D eigenvalue weighted by Gasteiger charge is -2.22. The van der Waals surface area contributed by atoms with E-state index in [1.165, 1.54) is 0 Å². The summed E-state index contributed by atoms with van der Waals surface area (Å²) in [5.41, 5.74) is 11.4. The van der Waals surface area contributed by atoms with E-state index in [1.54, 1.807) is 0 Å². The lowest BCUT2D eigenvalue weighted by atomic mass is 9.89. The highest BCUT2D eigenvalue weighted by Gasteiger charge is 2.39. The minimum atomic E-state index is -0.444. The second-order valence-electron chi connectivity index (χ2n) is 4.79. The fraction of sp³-hybridized carbons (Fsp3) is 0.500. The van der Waals surface area contributed by atoms with Crippen LogP contribution in [-0.2, 0) is 11.3 Å². The van der Waals surface area contributed by atoms with Gasteiger partial charge in [-0.2, -0.15) is 0 Å². The van der Waals surface area contributed by atoms with Crippen molar-refractivity contribution in [1.29, 1.82) is 0 Å². The molecule has 4 N–H and O–H groups in total. The maximum atomic E-state index is 11.4. The molecule has 1 unspecified atom stereocenters. The average Bonchev–Trinajstić information content (AvgIpc) is 2.74. The lowest BCUT2D eigenvalue weighted by molar-refractivity contribution is -0.125. The summed E-state index contributed by atoms with van der Waals surface area (Å²) in [6, 6.07) is 5.77. The summed E-state index contributed by atoms with van der Waals surface area (Å²) in [5.74, 6) is 0.632. The molecule has 1 amide bonds. The Balaban J connectivity index is 2.17. The molecule has 5 nitrogen and oxygen atoms in total. The number of carbonyl (C=O) groups is 1. The van der Waals surface area contributed by atoms with Crippen molar-refractivity contribution >= 4 is 11.7 Å². The summed E-state index contributed by atoms with van der Waals surface area (Å²) >= 11 is 0. The van der Waals surface area contributed by atoms with Crippen LogP contribution in [0, 0.1) is 5.41 Å². The molecule has 0 bridgehead atoms. The predicted octanol–water partition coefficient (Wildman–Crippen LogP) is 0.242. The van der Waals surface area contributed by atoms with Gasteiger partial charge in [-0.05, 0) is 25.5 Å². The minimum Gasteiger partial charge on any atom is -0.369 e. The van der Waals surface area contributed by atoms with Gasteiger partial charge in [0.05, 0.1) is 11.1 Å². The second-order valence-corrected chi connectivity index (χ2v) is 4.79. The van der Waals surface area contributed by atoms with Crippen LogP contribution in [0.3, 0.4) is 0 Å². The SMILES string of the molecule is CC1(C(N)=O)CCN(c2cccc(CN)n2)C1. The number of anilines is 1. The molecule has 2 heterocycles. The third-order valence-corrected chi connectivity index (χ3v) is 3.39. The molecule has 92 valence electrons. The van der Waals surface area contributed by atoms with E-state index in [9.17, 15) is 4.79 Å². The van der Waals surface area contributed by atoms with E-state index >= 15 is 0 Å². The Morgan fingerprint density at radius 2 is 2.35 bits per heavy atom. The normalized spacial score (nSPS) is 24.0. The molecule has 1 saturated heterocycles. The molecule has 5 heteroatoms. The first-order valence-corrected chi connectivity index (χ1v) is 5.76. The molecule has 0 radical (unpaired) electrons. The van der Waals surface area contributed by atoms with Gasteiger partial charge < -0.3 is 16.4 Å². The van der Waals surface area contributed by atoms with Crippen molar-refractivity contribution in [3.63, 3.8) is 0 Å². The van der Waals surface area contributed by atoms with E-state index in [4.69, 9.17) is 11.5 Å². The Morgan fingerprint density at radius 3 is 2.94 bits per heavy atom. The van der Waals surface area contributed by atoms with Crippen LogP contribution in [0.4, 0.5) is 5.82 Å². The predicted molar refractivity (Wildman–Crippen MR) is 66.3 cm³/mol. The molecule has 1 aliphatic heterocycles. The molecule has 1 fully saturated rings. The van der Waals surface area contributed by atoms with Crippen molar-refractivity contribution in [1.82, 2.24) is 4.98 Å². The van der Waals surface area contributed by atoms with Gasteiger partial charge in [0.1, 0.15) is 5.82 Å². The molecule has 0 aliphatic carbocycles. The number of carbonyl (C=O) groups excluding carboxylic acids is 1. The Hall–Kier alpha value is -1.62. The summed E-state index contributed by atoms with van der Waals surface area (Å²) in [6.45, 7) is 3.76. The average molecular weight is 234 g/mol. The Labute approximate surface area is 101 Å². The molecular formula is C12H18N4O. The number of hydrogen-bond donors (Lipinski definition) is 2. The number of aromatic nitrogens is 1. The van der Waals surface area contributed by atoms with Crippen molar-refractivity contribution in [3.8, 4) is 0 Å². The van der Waals surface area contributed by atoms with Crippen LogP contribution in [0.1, 0.15) is 19.0 Å². The van der Waals surface area contributed by atoms with Crippen LogP contribution in [0.25, 0.3) is 0 Å². The van der Waals surface area contributed by atoms with Gasteiger partial charge in [0.25, 0.3) is 0 Å². The van der Waals surface area contributed by atoms with Crippen LogP contribution in [-0.4, -0.2) is 24.0 Å². The first-order valence-electron chi connectivity index (χ1n) is 5.76. The van der Waals surface area contributed by atoms with Gasteiger partial charge in [0.15, 0.2) is 0 Å². The molecule has 0 spiro atoms. The molecule has 1 atom stereocenters.